The number of aryl methyl sites for hydroxylation is 1. The number of carbonyl (C=O) groups excluding carboxylic acids is 1. The van der Waals surface area contributed by atoms with Crippen LogP contribution in [0.4, 0.5) is 5.69 Å². The van der Waals surface area contributed by atoms with E-state index < -0.39 is 0 Å². The van der Waals surface area contributed by atoms with Crippen LogP contribution in [0, 0.1) is 6.92 Å². The Labute approximate surface area is 217 Å². The third-order valence-corrected chi connectivity index (χ3v) is 6.99. The molecular weight excluding hydrogens is 468 g/mol. The van der Waals surface area contributed by atoms with Gasteiger partial charge in [-0.2, -0.15) is 0 Å². The van der Waals surface area contributed by atoms with E-state index in [1.54, 1.807) is 0 Å². The van der Waals surface area contributed by atoms with Gasteiger partial charge in [-0.3, -0.25) is 9.36 Å². The number of anilines is 1. The summed E-state index contributed by atoms with van der Waals surface area (Å²) in [5, 5.41) is 12.2. The zero-order valence-corrected chi connectivity index (χ0v) is 22.1. The van der Waals surface area contributed by atoms with E-state index >= 15 is 0 Å². The van der Waals surface area contributed by atoms with Crippen molar-refractivity contribution in [1.29, 1.82) is 0 Å². The second-order valence-electron chi connectivity index (χ2n) is 9.06. The predicted molar refractivity (Wildman–Crippen MR) is 146 cm³/mol. The Bertz CT molecular complexity index is 1300. The zero-order valence-electron chi connectivity index (χ0n) is 21.3. The molecule has 6 nitrogen and oxygen atoms in total. The van der Waals surface area contributed by atoms with Gasteiger partial charge in [-0.15, -0.1) is 10.2 Å². The van der Waals surface area contributed by atoms with Gasteiger partial charge in [-0.1, -0.05) is 74.1 Å². The first-order valence-corrected chi connectivity index (χ1v) is 13.0. The lowest BCUT2D eigenvalue weighted by molar-refractivity contribution is -0.115. The van der Waals surface area contributed by atoms with Crippen LogP contribution >= 0.6 is 11.8 Å². The molecular formula is C29H32N4O2S. The van der Waals surface area contributed by atoms with E-state index in [4.69, 9.17) is 4.74 Å². The van der Waals surface area contributed by atoms with Crippen LogP contribution in [-0.2, 0) is 4.79 Å². The summed E-state index contributed by atoms with van der Waals surface area (Å²) in [5.74, 6) is 1.81. The molecule has 4 rings (SSSR count). The molecule has 1 N–H and O–H groups in total. The summed E-state index contributed by atoms with van der Waals surface area (Å²) in [6.45, 7) is 10.1. The summed E-state index contributed by atoms with van der Waals surface area (Å²) in [7, 11) is 0. The number of para-hydroxylation sites is 2. The molecule has 0 fully saturated rings. The van der Waals surface area contributed by atoms with Gasteiger partial charge in [0.25, 0.3) is 0 Å². The number of nitrogens with one attached hydrogen (secondary N) is 1. The van der Waals surface area contributed by atoms with Gasteiger partial charge in [0.1, 0.15) is 5.75 Å². The lowest BCUT2D eigenvalue weighted by atomic mass is 10.0. The molecule has 0 aliphatic rings. The molecule has 36 heavy (non-hydrogen) atoms. The average molecular weight is 501 g/mol. The summed E-state index contributed by atoms with van der Waals surface area (Å²) in [6.07, 6.45) is -0.354. The first kappa shape index (κ1) is 25.5. The number of thioether (sulfide) groups is 1. The maximum Gasteiger partial charge on any atom is 0.237 e. The summed E-state index contributed by atoms with van der Waals surface area (Å²) in [5.41, 5.74) is 4.01. The van der Waals surface area contributed by atoms with Crippen LogP contribution in [0.25, 0.3) is 5.69 Å². The molecule has 0 saturated carbocycles. The zero-order chi connectivity index (χ0) is 25.7. The first-order chi connectivity index (χ1) is 17.3. The van der Waals surface area contributed by atoms with Crippen molar-refractivity contribution in [2.24, 2.45) is 0 Å². The van der Waals surface area contributed by atoms with E-state index in [9.17, 15) is 4.79 Å². The standard InChI is InChI=1S/C29H32N4O2S/c1-19(2)23-15-17-25(18-16-23)35-21(4)27-31-32-29(33(27)24-12-7-6-8-13-24)36-22(5)28(34)30-26-14-10-9-11-20(26)3/h6-19,21-22H,1-5H3,(H,30,34). The number of rotatable bonds is 9. The summed E-state index contributed by atoms with van der Waals surface area (Å²) >= 11 is 1.37. The van der Waals surface area contributed by atoms with Gasteiger partial charge in [0.2, 0.25) is 5.91 Å². The molecule has 0 radical (unpaired) electrons. The van der Waals surface area contributed by atoms with Gasteiger partial charge in [0, 0.05) is 11.4 Å². The number of hydrogen-bond donors (Lipinski definition) is 1. The van der Waals surface area contributed by atoms with Gasteiger partial charge in [-0.25, -0.2) is 0 Å². The van der Waals surface area contributed by atoms with Crippen LogP contribution in [0.2, 0.25) is 0 Å². The fourth-order valence-corrected chi connectivity index (χ4v) is 4.66. The van der Waals surface area contributed by atoms with Gasteiger partial charge >= 0.3 is 0 Å². The lowest BCUT2D eigenvalue weighted by Crippen LogP contribution is -2.23. The quantitative estimate of drug-likeness (QED) is 0.252. The fraction of sp³-hybridized carbons (Fsp3) is 0.276. The number of nitrogens with zero attached hydrogens (tertiary/aromatic N) is 3. The number of hydrogen-bond acceptors (Lipinski definition) is 5. The second kappa shape index (κ2) is 11.4. The van der Waals surface area contributed by atoms with E-state index in [1.807, 2.05) is 92.1 Å². The number of ether oxygens (including phenoxy) is 1. The Morgan fingerprint density at radius 2 is 1.56 bits per heavy atom. The first-order valence-electron chi connectivity index (χ1n) is 12.1. The molecule has 4 aromatic rings. The van der Waals surface area contributed by atoms with Crippen molar-refractivity contribution in [1.82, 2.24) is 14.8 Å². The van der Waals surface area contributed by atoms with Crippen molar-refractivity contribution in [3.05, 3.63) is 95.8 Å². The maximum atomic E-state index is 13.0. The molecule has 0 aliphatic carbocycles. The van der Waals surface area contributed by atoms with Gasteiger partial charge in [0.05, 0.1) is 5.25 Å². The number of carbonyl (C=O) groups is 1. The minimum absolute atomic E-state index is 0.0898. The highest BCUT2D eigenvalue weighted by molar-refractivity contribution is 8.00. The average Bonchev–Trinajstić information content (AvgIpc) is 3.29. The summed E-state index contributed by atoms with van der Waals surface area (Å²) < 4.78 is 8.21. The molecule has 2 unspecified atom stereocenters. The van der Waals surface area contributed by atoms with E-state index in [1.165, 1.54) is 17.3 Å². The smallest absolute Gasteiger partial charge is 0.237 e. The van der Waals surface area contributed by atoms with E-state index in [0.29, 0.717) is 16.9 Å². The lowest BCUT2D eigenvalue weighted by Gasteiger charge is -2.18. The van der Waals surface area contributed by atoms with Crippen LogP contribution in [-0.4, -0.2) is 25.9 Å². The van der Waals surface area contributed by atoms with E-state index in [0.717, 1.165) is 22.7 Å². The molecule has 0 bridgehead atoms. The minimum Gasteiger partial charge on any atom is -0.483 e. The fourth-order valence-electron chi connectivity index (χ4n) is 3.79. The normalized spacial score (nSPS) is 12.8. The predicted octanol–water partition coefficient (Wildman–Crippen LogP) is 6.96. The molecule has 1 heterocycles. The van der Waals surface area contributed by atoms with Crippen LogP contribution in [0.5, 0.6) is 5.75 Å². The van der Waals surface area contributed by atoms with Crippen molar-refractivity contribution < 1.29 is 9.53 Å². The second-order valence-corrected chi connectivity index (χ2v) is 10.4. The maximum absolute atomic E-state index is 13.0. The SMILES string of the molecule is Cc1ccccc1NC(=O)C(C)Sc1nnc(C(C)Oc2ccc(C(C)C)cc2)n1-c1ccccc1. The Kier molecular flexibility index (Phi) is 8.10. The van der Waals surface area contributed by atoms with Crippen LogP contribution < -0.4 is 10.1 Å². The van der Waals surface area contributed by atoms with Crippen molar-refractivity contribution in [2.45, 2.75) is 57.0 Å². The molecule has 1 amide bonds. The molecule has 0 spiro atoms. The molecule has 2 atom stereocenters. The minimum atomic E-state index is -0.385. The Morgan fingerprint density at radius 1 is 0.889 bits per heavy atom. The Morgan fingerprint density at radius 3 is 2.22 bits per heavy atom. The van der Waals surface area contributed by atoms with E-state index in [-0.39, 0.29) is 17.3 Å². The van der Waals surface area contributed by atoms with Crippen molar-refractivity contribution >= 4 is 23.4 Å². The number of amides is 1. The van der Waals surface area contributed by atoms with Crippen LogP contribution in [0.3, 0.4) is 0 Å². The molecule has 3 aromatic carbocycles. The molecule has 0 saturated heterocycles. The topological polar surface area (TPSA) is 69.0 Å². The molecule has 1 aromatic heterocycles. The van der Waals surface area contributed by atoms with Crippen LogP contribution in [0.15, 0.2) is 84.0 Å². The number of aromatic nitrogens is 3. The van der Waals surface area contributed by atoms with Crippen molar-refractivity contribution in [3.8, 4) is 11.4 Å². The highest BCUT2D eigenvalue weighted by Gasteiger charge is 2.24. The largest absolute Gasteiger partial charge is 0.483 e. The highest BCUT2D eigenvalue weighted by atomic mass is 32.2. The third-order valence-electron chi connectivity index (χ3n) is 5.95. The Hall–Kier alpha value is -3.58. The molecule has 186 valence electrons. The van der Waals surface area contributed by atoms with Gasteiger partial charge in [-0.05, 0) is 68.1 Å². The summed E-state index contributed by atoms with van der Waals surface area (Å²) in [4.78, 5) is 13.0. The van der Waals surface area contributed by atoms with Gasteiger partial charge in [0.15, 0.2) is 17.1 Å². The molecule has 7 heteroatoms. The van der Waals surface area contributed by atoms with E-state index in [2.05, 4.69) is 41.5 Å². The van der Waals surface area contributed by atoms with Crippen molar-refractivity contribution in [3.63, 3.8) is 0 Å². The van der Waals surface area contributed by atoms with Crippen molar-refractivity contribution in [2.75, 3.05) is 5.32 Å². The Balaban J connectivity index is 1.57. The third kappa shape index (κ3) is 5.97. The molecule has 0 aliphatic heterocycles. The van der Waals surface area contributed by atoms with Gasteiger partial charge < -0.3 is 10.1 Å². The monoisotopic (exact) mass is 500 g/mol. The summed E-state index contributed by atoms with van der Waals surface area (Å²) in [6, 6.07) is 25.8. The number of benzene rings is 3. The van der Waals surface area contributed by atoms with Crippen LogP contribution in [0.1, 0.15) is 56.7 Å². The highest BCUT2D eigenvalue weighted by Crippen LogP contribution is 2.31.